The van der Waals surface area contributed by atoms with Gasteiger partial charge in [-0.2, -0.15) is 11.8 Å². The third-order valence-electron chi connectivity index (χ3n) is 3.49. The Balaban J connectivity index is 2.52. The van der Waals surface area contributed by atoms with Crippen molar-refractivity contribution < 1.29 is 15.0 Å². The monoisotopic (exact) mass is 325 g/mol. The first kappa shape index (κ1) is 18.8. The number of hydrogen-bond donors (Lipinski definition) is 2. The quantitative estimate of drug-likeness (QED) is 0.683. The molecule has 0 aliphatic rings. The van der Waals surface area contributed by atoms with E-state index in [1.54, 1.807) is 18.7 Å². The standard InChI is InChI=1S/C17H27NO3S/c1-14(19)12-22-11-7-10-18(16(20)21)13-17(2,3)15-8-5-4-6-9-15/h4-6,8-9,14,19H,7,10-13H2,1-3H3,(H,20,21). The first-order valence-electron chi connectivity index (χ1n) is 7.62. The molecule has 1 aromatic rings. The summed E-state index contributed by atoms with van der Waals surface area (Å²) in [6, 6.07) is 10.0. The van der Waals surface area contributed by atoms with E-state index in [0.717, 1.165) is 17.7 Å². The van der Waals surface area contributed by atoms with Crippen LogP contribution in [-0.4, -0.2) is 51.9 Å². The molecule has 0 spiro atoms. The Morgan fingerprint density at radius 2 is 1.95 bits per heavy atom. The van der Waals surface area contributed by atoms with Gasteiger partial charge in [-0.15, -0.1) is 0 Å². The molecular formula is C17H27NO3S. The van der Waals surface area contributed by atoms with Crippen molar-refractivity contribution in [2.45, 2.75) is 38.7 Å². The summed E-state index contributed by atoms with van der Waals surface area (Å²) in [5.41, 5.74) is 0.927. The minimum atomic E-state index is -0.871. The van der Waals surface area contributed by atoms with Crippen molar-refractivity contribution in [1.82, 2.24) is 4.90 Å². The second-order valence-corrected chi connectivity index (χ2v) is 7.38. The molecule has 2 N–H and O–H groups in total. The van der Waals surface area contributed by atoms with Crippen LogP contribution in [0.25, 0.3) is 0 Å². The summed E-state index contributed by atoms with van der Waals surface area (Å²) in [6.07, 6.45) is -0.378. The van der Waals surface area contributed by atoms with Crippen LogP contribution in [0.4, 0.5) is 4.79 Å². The molecule has 0 bridgehead atoms. The van der Waals surface area contributed by atoms with Crippen molar-refractivity contribution in [1.29, 1.82) is 0 Å². The fourth-order valence-electron chi connectivity index (χ4n) is 2.31. The highest BCUT2D eigenvalue weighted by Crippen LogP contribution is 2.24. The van der Waals surface area contributed by atoms with E-state index in [4.69, 9.17) is 0 Å². The lowest BCUT2D eigenvalue weighted by Crippen LogP contribution is -2.40. The molecule has 22 heavy (non-hydrogen) atoms. The van der Waals surface area contributed by atoms with Crippen molar-refractivity contribution in [3.8, 4) is 0 Å². The van der Waals surface area contributed by atoms with Gasteiger partial charge in [-0.3, -0.25) is 0 Å². The van der Waals surface area contributed by atoms with E-state index < -0.39 is 6.09 Å². The van der Waals surface area contributed by atoms with Gasteiger partial charge in [0.1, 0.15) is 0 Å². The summed E-state index contributed by atoms with van der Waals surface area (Å²) < 4.78 is 0. The van der Waals surface area contributed by atoms with E-state index >= 15 is 0 Å². The maximum atomic E-state index is 11.5. The van der Waals surface area contributed by atoms with E-state index in [9.17, 15) is 15.0 Å². The van der Waals surface area contributed by atoms with Gasteiger partial charge in [0.25, 0.3) is 0 Å². The van der Waals surface area contributed by atoms with Gasteiger partial charge < -0.3 is 15.1 Å². The van der Waals surface area contributed by atoms with Crippen molar-refractivity contribution in [2.75, 3.05) is 24.6 Å². The van der Waals surface area contributed by atoms with E-state index in [0.29, 0.717) is 18.8 Å². The number of aliphatic hydroxyl groups excluding tert-OH is 1. The fraction of sp³-hybridized carbons (Fsp3) is 0.588. The van der Waals surface area contributed by atoms with Crippen LogP contribution in [-0.2, 0) is 5.41 Å². The largest absolute Gasteiger partial charge is 0.465 e. The van der Waals surface area contributed by atoms with Gasteiger partial charge in [0.2, 0.25) is 0 Å². The molecule has 124 valence electrons. The Bertz CT molecular complexity index is 448. The number of carbonyl (C=O) groups is 1. The van der Waals surface area contributed by atoms with Crippen LogP contribution < -0.4 is 0 Å². The van der Waals surface area contributed by atoms with Gasteiger partial charge in [-0.25, -0.2) is 4.79 Å². The summed E-state index contributed by atoms with van der Waals surface area (Å²) >= 11 is 1.66. The third kappa shape index (κ3) is 6.71. The van der Waals surface area contributed by atoms with E-state index in [1.807, 2.05) is 30.3 Å². The van der Waals surface area contributed by atoms with Gasteiger partial charge in [0.05, 0.1) is 6.10 Å². The predicted molar refractivity (Wildman–Crippen MR) is 92.7 cm³/mol. The topological polar surface area (TPSA) is 60.8 Å². The molecular weight excluding hydrogens is 298 g/mol. The van der Waals surface area contributed by atoms with E-state index in [2.05, 4.69) is 13.8 Å². The summed E-state index contributed by atoms with van der Waals surface area (Å²) in [7, 11) is 0. The van der Waals surface area contributed by atoms with Gasteiger partial charge in [-0.05, 0) is 24.7 Å². The number of carboxylic acid groups (broad SMARTS) is 1. The van der Waals surface area contributed by atoms with Crippen LogP contribution in [0.1, 0.15) is 32.8 Å². The molecule has 0 fully saturated rings. The number of aliphatic hydroxyl groups is 1. The van der Waals surface area contributed by atoms with Crippen molar-refractivity contribution in [2.24, 2.45) is 0 Å². The van der Waals surface area contributed by atoms with Gasteiger partial charge in [0, 0.05) is 24.3 Å². The van der Waals surface area contributed by atoms with Crippen LogP contribution >= 0.6 is 11.8 Å². The number of hydrogen-bond acceptors (Lipinski definition) is 3. The Hall–Kier alpha value is -1.20. The highest BCUT2D eigenvalue weighted by molar-refractivity contribution is 7.99. The summed E-state index contributed by atoms with van der Waals surface area (Å²) in [6.45, 7) is 6.91. The second-order valence-electron chi connectivity index (χ2n) is 6.23. The summed E-state index contributed by atoms with van der Waals surface area (Å²) in [4.78, 5) is 13.0. The smallest absolute Gasteiger partial charge is 0.407 e. The van der Waals surface area contributed by atoms with Crippen LogP contribution in [0.15, 0.2) is 30.3 Å². The number of nitrogens with zero attached hydrogens (tertiary/aromatic N) is 1. The average Bonchev–Trinajstić information content (AvgIpc) is 2.46. The molecule has 0 radical (unpaired) electrons. The molecule has 5 heteroatoms. The maximum Gasteiger partial charge on any atom is 0.407 e. The zero-order valence-corrected chi connectivity index (χ0v) is 14.5. The Morgan fingerprint density at radius 3 is 2.50 bits per heavy atom. The van der Waals surface area contributed by atoms with Gasteiger partial charge >= 0.3 is 6.09 Å². The zero-order valence-electron chi connectivity index (χ0n) is 13.7. The highest BCUT2D eigenvalue weighted by Gasteiger charge is 2.26. The number of benzene rings is 1. The Morgan fingerprint density at radius 1 is 1.32 bits per heavy atom. The Labute approximate surface area is 137 Å². The average molecular weight is 325 g/mol. The number of amides is 1. The minimum Gasteiger partial charge on any atom is -0.465 e. The lowest BCUT2D eigenvalue weighted by Gasteiger charge is -2.31. The Kier molecular flexibility index (Phi) is 7.76. The summed E-state index contributed by atoms with van der Waals surface area (Å²) in [5, 5.41) is 18.6. The zero-order chi connectivity index (χ0) is 16.6. The predicted octanol–water partition coefficient (Wildman–Crippen LogP) is 3.45. The molecule has 1 atom stereocenters. The number of rotatable bonds is 9. The molecule has 0 aliphatic carbocycles. The highest BCUT2D eigenvalue weighted by atomic mass is 32.2. The molecule has 0 aromatic heterocycles. The molecule has 1 unspecified atom stereocenters. The molecule has 0 aliphatic heterocycles. The molecule has 0 heterocycles. The molecule has 1 amide bonds. The second kappa shape index (κ2) is 9.06. The molecule has 0 saturated heterocycles. The van der Waals surface area contributed by atoms with Crippen molar-refractivity contribution in [3.05, 3.63) is 35.9 Å². The van der Waals surface area contributed by atoms with Crippen molar-refractivity contribution in [3.63, 3.8) is 0 Å². The fourth-order valence-corrected chi connectivity index (χ4v) is 3.15. The molecule has 1 aromatic carbocycles. The summed E-state index contributed by atoms with van der Waals surface area (Å²) in [5.74, 6) is 1.56. The van der Waals surface area contributed by atoms with Crippen LogP contribution in [0.5, 0.6) is 0 Å². The number of thioether (sulfide) groups is 1. The van der Waals surface area contributed by atoms with Crippen LogP contribution in [0, 0.1) is 0 Å². The maximum absolute atomic E-state index is 11.5. The van der Waals surface area contributed by atoms with Crippen LogP contribution in [0.3, 0.4) is 0 Å². The lowest BCUT2D eigenvalue weighted by atomic mass is 9.84. The normalized spacial score (nSPS) is 12.9. The van der Waals surface area contributed by atoms with Gasteiger partial charge in [0.15, 0.2) is 0 Å². The van der Waals surface area contributed by atoms with E-state index in [-0.39, 0.29) is 11.5 Å². The first-order chi connectivity index (χ1) is 10.3. The molecule has 0 saturated carbocycles. The first-order valence-corrected chi connectivity index (χ1v) is 8.77. The minimum absolute atomic E-state index is 0.216. The molecule has 1 rings (SSSR count). The third-order valence-corrected chi connectivity index (χ3v) is 4.78. The van der Waals surface area contributed by atoms with Gasteiger partial charge in [-0.1, -0.05) is 44.2 Å². The van der Waals surface area contributed by atoms with Crippen molar-refractivity contribution >= 4 is 17.9 Å². The van der Waals surface area contributed by atoms with Crippen LogP contribution in [0.2, 0.25) is 0 Å². The molecule has 4 nitrogen and oxygen atoms in total. The lowest BCUT2D eigenvalue weighted by molar-refractivity contribution is 0.135. The SMILES string of the molecule is CC(O)CSCCCN(CC(C)(C)c1ccccc1)C(=O)O. The van der Waals surface area contributed by atoms with E-state index in [1.165, 1.54) is 4.90 Å².